The molecule has 2 heterocycles. The number of hydrogen-bond acceptors (Lipinski definition) is 4. The Bertz CT molecular complexity index is 665. The molecule has 0 saturated heterocycles. The monoisotopic (exact) mass is 241 g/mol. The van der Waals surface area contributed by atoms with Gasteiger partial charge in [0.1, 0.15) is 4.83 Å². The number of aromatic nitrogens is 2. The van der Waals surface area contributed by atoms with Crippen molar-refractivity contribution in [2.75, 3.05) is 0 Å². The summed E-state index contributed by atoms with van der Waals surface area (Å²) in [5.74, 6) is -0.535. The first-order valence-corrected chi connectivity index (χ1v) is 5.28. The van der Waals surface area contributed by atoms with E-state index in [1.165, 1.54) is 0 Å². The van der Waals surface area contributed by atoms with Crippen LogP contribution < -0.4 is 11.3 Å². The fraction of sp³-hybridized carbons (Fsp3) is 0.125. The van der Waals surface area contributed by atoms with E-state index < -0.39 is 5.91 Å². The van der Waals surface area contributed by atoms with E-state index in [9.17, 15) is 9.59 Å². The van der Waals surface area contributed by atoms with Crippen LogP contribution in [-0.4, -0.2) is 15.9 Å². The summed E-state index contributed by atoms with van der Waals surface area (Å²) < 4.78 is 0.241. The molecular weight excluding hydrogens is 234 g/mol. The van der Waals surface area contributed by atoms with E-state index in [2.05, 4.69) is 9.97 Å². The molecular formula is C8H7N3O2S2. The molecule has 0 aliphatic rings. The number of fused-ring (bicyclic) bond motifs is 1. The van der Waals surface area contributed by atoms with Gasteiger partial charge in [-0.15, -0.1) is 11.3 Å². The molecule has 0 fully saturated rings. The summed E-state index contributed by atoms with van der Waals surface area (Å²) in [6.45, 7) is 1.69. The number of thiophene rings is 1. The first-order chi connectivity index (χ1) is 7.00. The van der Waals surface area contributed by atoms with Crippen molar-refractivity contribution in [1.29, 1.82) is 0 Å². The molecule has 0 radical (unpaired) electrons. The van der Waals surface area contributed by atoms with Crippen molar-refractivity contribution in [3.05, 3.63) is 25.6 Å². The second-order valence-electron chi connectivity index (χ2n) is 3.03. The van der Waals surface area contributed by atoms with Crippen molar-refractivity contribution in [2.45, 2.75) is 6.92 Å². The molecule has 7 heteroatoms. The minimum Gasteiger partial charge on any atom is -0.365 e. The Hall–Kier alpha value is -1.47. The van der Waals surface area contributed by atoms with Crippen molar-refractivity contribution in [3.8, 4) is 0 Å². The molecule has 0 aliphatic carbocycles. The molecule has 1 amide bonds. The van der Waals surface area contributed by atoms with Crippen LogP contribution in [0.5, 0.6) is 0 Å². The third-order valence-electron chi connectivity index (χ3n) is 2.05. The highest BCUT2D eigenvalue weighted by Gasteiger charge is 2.15. The number of aryl methyl sites for hydroxylation is 1. The zero-order valence-corrected chi connectivity index (χ0v) is 9.34. The van der Waals surface area contributed by atoms with Crippen LogP contribution in [0, 0.1) is 11.7 Å². The number of hydrogen-bond donors (Lipinski definition) is 3. The standard InChI is InChI=1S/C8H7N3O2S2/c1-2-3-6(13)10-8(14)11-7(3)15-4(2)5(9)12/h1H3,(H2,9,12)(H2,10,11,13,14). The third kappa shape index (κ3) is 1.49. The summed E-state index contributed by atoms with van der Waals surface area (Å²) in [7, 11) is 0. The molecule has 2 aromatic heterocycles. The van der Waals surface area contributed by atoms with Crippen molar-refractivity contribution >= 4 is 39.7 Å². The molecule has 5 nitrogen and oxygen atoms in total. The molecule has 0 aliphatic heterocycles. The van der Waals surface area contributed by atoms with Crippen LogP contribution in [0.15, 0.2) is 4.79 Å². The Kier molecular flexibility index (Phi) is 2.20. The van der Waals surface area contributed by atoms with Crippen LogP contribution in [0.25, 0.3) is 10.2 Å². The number of H-pyrrole nitrogens is 2. The number of nitrogens with one attached hydrogen (secondary N) is 2. The summed E-state index contributed by atoms with van der Waals surface area (Å²) in [6, 6.07) is 0. The van der Waals surface area contributed by atoms with Crippen molar-refractivity contribution < 1.29 is 4.79 Å². The summed E-state index contributed by atoms with van der Waals surface area (Å²) >= 11 is 5.97. The fourth-order valence-corrected chi connectivity index (χ4v) is 2.73. The topological polar surface area (TPSA) is 91.7 Å². The Labute approximate surface area is 92.9 Å². The predicted molar refractivity (Wildman–Crippen MR) is 60.9 cm³/mol. The first-order valence-electron chi connectivity index (χ1n) is 4.06. The van der Waals surface area contributed by atoms with Gasteiger partial charge in [0.15, 0.2) is 4.77 Å². The van der Waals surface area contributed by atoms with E-state index >= 15 is 0 Å². The van der Waals surface area contributed by atoms with Crippen LogP contribution in [0.3, 0.4) is 0 Å². The van der Waals surface area contributed by atoms with Crippen LogP contribution in [0.4, 0.5) is 0 Å². The van der Waals surface area contributed by atoms with E-state index in [1.54, 1.807) is 6.92 Å². The number of primary amides is 1. The molecule has 4 N–H and O–H groups in total. The third-order valence-corrected chi connectivity index (χ3v) is 3.48. The van der Waals surface area contributed by atoms with E-state index in [4.69, 9.17) is 18.0 Å². The van der Waals surface area contributed by atoms with Gasteiger partial charge in [-0.25, -0.2) is 0 Å². The van der Waals surface area contributed by atoms with E-state index in [-0.39, 0.29) is 10.3 Å². The summed E-state index contributed by atoms with van der Waals surface area (Å²) in [5.41, 5.74) is 5.48. The molecule has 0 spiro atoms. The van der Waals surface area contributed by atoms with Gasteiger partial charge in [0.05, 0.1) is 10.3 Å². The van der Waals surface area contributed by atoms with Crippen LogP contribution >= 0.6 is 23.6 Å². The lowest BCUT2D eigenvalue weighted by atomic mass is 10.2. The second kappa shape index (κ2) is 3.28. The minimum absolute atomic E-state index is 0.241. The van der Waals surface area contributed by atoms with E-state index in [0.29, 0.717) is 20.7 Å². The highest BCUT2D eigenvalue weighted by atomic mass is 32.1. The van der Waals surface area contributed by atoms with Crippen molar-refractivity contribution in [3.63, 3.8) is 0 Å². The van der Waals surface area contributed by atoms with Crippen LogP contribution in [0.1, 0.15) is 15.2 Å². The molecule has 2 rings (SSSR count). The second-order valence-corrected chi connectivity index (χ2v) is 4.46. The van der Waals surface area contributed by atoms with Gasteiger partial charge in [0.25, 0.3) is 11.5 Å². The maximum Gasteiger partial charge on any atom is 0.260 e. The van der Waals surface area contributed by atoms with Gasteiger partial charge in [-0.1, -0.05) is 0 Å². The molecule has 0 aromatic carbocycles. The average molecular weight is 241 g/mol. The zero-order chi connectivity index (χ0) is 11.2. The Morgan fingerprint density at radius 3 is 2.73 bits per heavy atom. The normalized spacial score (nSPS) is 10.7. The quantitative estimate of drug-likeness (QED) is 0.652. The number of aromatic amines is 2. The lowest BCUT2D eigenvalue weighted by Gasteiger charge is -1.91. The van der Waals surface area contributed by atoms with Gasteiger partial charge in [0.2, 0.25) is 0 Å². The van der Waals surface area contributed by atoms with Crippen molar-refractivity contribution in [2.24, 2.45) is 5.73 Å². The number of carbonyl (C=O) groups is 1. The number of nitrogens with two attached hydrogens (primary N) is 1. The number of amides is 1. The molecule has 2 aromatic rings. The lowest BCUT2D eigenvalue weighted by molar-refractivity contribution is 0.100. The molecule has 78 valence electrons. The smallest absolute Gasteiger partial charge is 0.260 e. The van der Waals surface area contributed by atoms with Gasteiger partial charge in [-0.05, 0) is 24.7 Å². The molecule has 0 bridgehead atoms. The highest BCUT2D eigenvalue weighted by molar-refractivity contribution is 7.71. The van der Waals surface area contributed by atoms with E-state index in [1.807, 2.05) is 0 Å². The largest absolute Gasteiger partial charge is 0.365 e. The maximum atomic E-state index is 11.6. The molecule has 0 atom stereocenters. The summed E-state index contributed by atoms with van der Waals surface area (Å²) in [4.78, 5) is 28.9. The average Bonchev–Trinajstić information content (AvgIpc) is 2.42. The lowest BCUT2D eigenvalue weighted by Crippen LogP contribution is -2.11. The fourth-order valence-electron chi connectivity index (χ4n) is 1.41. The van der Waals surface area contributed by atoms with Gasteiger partial charge in [-0.3, -0.25) is 14.6 Å². The van der Waals surface area contributed by atoms with Gasteiger partial charge in [0, 0.05) is 0 Å². The van der Waals surface area contributed by atoms with Gasteiger partial charge >= 0.3 is 0 Å². The zero-order valence-electron chi connectivity index (χ0n) is 7.71. The molecule has 0 unspecified atom stereocenters. The van der Waals surface area contributed by atoms with Crippen LogP contribution in [-0.2, 0) is 0 Å². The Balaban J connectivity index is 3.01. The maximum absolute atomic E-state index is 11.6. The SMILES string of the molecule is Cc1c(C(N)=O)sc2[nH]c(=S)[nH]c(=O)c12. The summed E-state index contributed by atoms with van der Waals surface area (Å²) in [6.07, 6.45) is 0. The summed E-state index contributed by atoms with van der Waals surface area (Å²) in [5, 5.41) is 0.447. The Morgan fingerprint density at radius 1 is 1.47 bits per heavy atom. The van der Waals surface area contributed by atoms with Gasteiger partial charge in [-0.2, -0.15) is 0 Å². The van der Waals surface area contributed by atoms with Gasteiger partial charge < -0.3 is 10.7 Å². The molecule has 15 heavy (non-hydrogen) atoms. The first kappa shape index (κ1) is 10.1. The minimum atomic E-state index is -0.535. The Morgan fingerprint density at radius 2 is 2.13 bits per heavy atom. The van der Waals surface area contributed by atoms with E-state index in [0.717, 1.165) is 11.3 Å². The highest BCUT2D eigenvalue weighted by Crippen LogP contribution is 2.25. The number of carbonyl (C=O) groups excluding carboxylic acids is 1. The van der Waals surface area contributed by atoms with Crippen LogP contribution in [0.2, 0.25) is 0 Å². The predicted octanol–water partition coefficient (Wildman–Crippen LogP) is 1.05. The van der Waals surface area contributed by atoms with Crippen molar-refractivity contribution in [1.82, 2.24) is 9.97 Å². The molecule has 0 saturated carbocycles. The number of rotatable bonds is 1.